The van der Waals surface area contributed by atoms with Crippen LogP contribution in [0.2, 0.25) is 0 Å². The van der Waals surface area contributed by atoms with E-state index in [1.165, 1.54) is 0 Å². The molecule has 12 nitrogen and oxygen atoms in total. The molecule has 0 fully saturated rings. The predicted octanol–water partition coefficient (Wildman–Crippen LogP) is 12.6. The summed E-state index contributed by atoms with van der Waals surface area (Å²) in [6.07, 6.45) is 1.19. The van der Waals surface area contributed by atoms with Gasteiger partial charge in [0.05, 0.1) is 0 Å². The second-order valence-electron chi connectivity index (χ2n) is 25.6. The standard InChI is InChI=1S/C68H76N4O8/c1-65(2,3)47-31-39-27-43-35-49(67(7,8)9)37-45(63(43)79-25-23-69-53-55(61(77)59(53)75)71-51-19-15-13-16-20-51)29-41-33-48(66(4,5)6)34-42(58(41)74)30-46-38-50(68(10,11)12)36-44(28-40(32-47)57(39)73)64(46)80-26-24-70-54-56(62(78)60(54)76)72-52-21-17-14-18-22-52/h13-22,31-38,69-74H,23-30H2,1-12H3. The molecule has 1 aliphatic rings. The molecule has 0 aromatic heterocycles. The average molecular weight is 1080 g/mol. The molecule has 8 aromatic rings. The van der Waals surface area contributed by atoms with Crippen LogP contribution in [0.1, 0.15) is 150 Å². The van der Waals surface area contributed by atoms with Gasteiger partial charge in [0, 0.05) is 50.1 Å². The van der Waals surface area contributed by atoms with Crippen LogP contribution in [-0.2, 0) is 47.3 Å². The molecule has 416 valence electrons. The maximum absolute atomic E-state index is 12.9. The Bertz CT molecular complexity index is 3420. The van der Waals surface area contributed by atoms with Crippen LogP contribution in [0, 0.1) is 0 Å². The van der Waals surface area contributed by atoms with Gasteiger partial charge in [-0.2, -0.15) is 0 Å². The van der Waals surface area contributed by atoms with Crippen molar-refractivity contribution in [3.63, 3.8) is 0 Å². The first kappa shape index (κ1) is 56.6. The monoisotopic (exact) mass is 1080 g/mol. The molecule has 0 amide bonds. The van der Waals surface area contributed by atoms with E-state index in [2.05, 4.69) is 153 Å². The largest absolute Gasteiger partial charge is 0.507 e. The summed E-state index contributed by atoms with van der Waals surface area (Å²) in [4.78, 5) is 51.4. The molecule has 0 atom stereocenters. The SMILES string of the molecule is CC(C)(C)c1cc2c(O)c(c1)Cc1cc(C(C)(C)C)cc(c1OCCNc1c(Nc3ccccc3)c(=O)c1=O)Cc1cc(C(C)(C)C)cc(c1O)Cc1cc(C(C)(C)C)cc(c1OCCNc1c(Nc3ccccc3)c(=O)c1=O)C2. The summed E-state index contributed by atoms with van der Waals surface area (Å²) in [5.41, 5.74) is 9.02. The van der Waals surface area contributed by atoms with E-state index in [9.17, 15) is 29.4 Å². The molecule has 80 heavy (non-hydrogen) atoms. The number of nitrogens with one attached hydrogen (secondary N) is 4. The molecule has 0 unspecified atom stereocenters. The second-order valence-corrected chi connectivity index (χ2v) is 25.6. The molecule has 0 aliphatic heterocycles. The Hall–Kier alpha value is -8.12. The minimum atomic E-state index is -0.594. The molecule has 0 radical (unpaired) electrons. The smallest absolute Gasteiger partial charge is 0.253 e. The van der Waals surface area contributed by atoms with Crippen molar-refractivity contribution >= 4 is 34.1 Å². The topological polar surface area (TPSA) is 175 Å². The number of hydrogen-bond donors (Lipinski definition) is 6. The first-order chi connectivity index (χ1) is 37.6. The van der Waals surface area contributed by atoms with E-state index in [4.69, 9.17) is 9.47 Å². The zero-order chi connectivity index (χ0) is 57.6. The molecule has 0 heterocycles. The van der Waals surface area contributed by atoms with Crippen molar-refractivity contribution in [3.8, 4) is 23.0 Å². The van der Waals surface area contributed by atoms with Crippen LogP contribution >= 0.6 is 0 Å². The number of phenols is 2. The molecule has 0 spiro atoms. The molecule has 0 saturated heterocycles. The van der Waals surface area contributed by atoms with E-state index < -0.39 is 21.7 Å². The fourth-order valence-corrected chi connectivity index (χ4v) is 10.4. The van der Waals surface area contributed by atoms with Gasteiger partial charge in [0.25, 0.3) is 21.7 Å². The molecule has 8 aromatic carbocycles. The van der Waals surface area contributed by atoms with Crippen LogP contribution in [0.3, 0.4) is 0 Å². The summed E-state index contributed by atoms with van der Waals surface area (Å²) in [6, 6.07) is 35.5. The molecule has 12 heteroatoms. The predicted molar refractivity (Wildman–Crippen MR) is 325 cm³/mol. The summed E-state index contributed by atoms with van der Waals surface area (Å²) >= 11 is 0. The van der Waals surface area contributed by atoms with Crippen molar-refractivity contribution in [1.82, 2.24) is 0 Å². The summed E-state index contributed by atoms with van der Waals surface area (Å²) in [6.45, 7) is 26.7. The quantitative estimate of drug-likeness (QED) is 0.0450. The zero-order valence-electron chi connectivity index (χ0n) is 48.4. The minimum absolute atomic E-state index is 0.123. The van der Waals surface area contributed by atoms with Gasteiger partial charge < -0.3 is 41.0 Å². The molecule has 1 aliphatic carbocycles. The number of hydrogen-bond acceptors (Lipinski definition) is 12. The van der Waals surface area contributed by atoms with Gasteiger partial charge >= 0.3 is 0 Å². The van der Waals surface area contributed by atoms with E-state index in [1.807, 2.05) is 60.7 Å². The number of rotatable bonds is 14. The van der Waals surface area contributed by atoms with Gasteiger partial charge in [0.2, 0.25) is 0 Å². The first-order valence-electron chi connectivity index (χ1n) is 27.7. The van der Waals surface area contributed by atoms with Gasteiger partial charge in [-0.25, -0.2) is 0 Å². The zero-order valence-corrected chi connectivity index (χ0v) is 48.4. The van der Waals surface area contributed by atoms with E-state index in [0.717, 1.165) is 44.5 Å². The fraction of sp³-hybridized carbons (Fsp3) is 0.353. The van der Waals surface area contributed by atoms with Crippen LogP contribution < -0.4 is 52.5 Å². The highest BCUT2D eigenvalue weighted by molar-refractivity contribution is 5.79. The van der Waals surface area contributed by atoms with Crippen molar-refractivity contribution in [2.45, 2.75) is 130 Å². The Kier molecular flexibility index (Phi) is 15.5. The Morgan fingerprint density at radius 1 is 0.375 bits per heavy atom. The fourth-order valence-electron chi connectivity index (χ4n) is 10.4. The lowest BCUT2D eigenvalue weighted by molar-refractivity contribution is 0.326. The highest BCUT2D eigenvalue weighted by Crippen LogP contribution is 2.44. The Morgan fingerprint density at radius 2 is 0.625 bits per heavy atom. The molecule has 6 N–H and O–H groups in total. The highest BCUT2D eigenvalue weighted by atomic mass is 16.5. The lowest BCUT2D eigenvalue weighted by Gasteiger charge is -2.28. The van der Waals surface area contributed by atoms with Crippen LogP contribution in [0.25, 0.3) is 0 Å². The normalized spacial score (nSPS) is 13.1. The van der Waals surface area contributed by atoms with Crippen molar-refractivity contribution < 1.29 is 19.7 Å². The van der Waals surface area contributed by atoms with Gasteiger partial charge in [-0.3, -0.25) is 19.2 Å². The van der Waals surface area contributed by atoms with Crippen LogP contribution in [0.5, 0.6) is 23.0 Å². The minimum Gasteiger partial charge on any atom is -0.507 e. The van der Waals surface area contributed by atoms with Crippen LogP contribution in [0.15, 0.2) is 128 Å². The molecular weight excluding hydrogens is 1000 g/mol. The third kappa shape index (κ3) is 12.0. The number of phenolic OH excluding ortho intramolecular Hbond substituents is 2. The molecule has 0 saturated carbocycles. The van der Waals surface area contributed by atoms with Crippen molar-refractivity contribution in [2.75, 3.05) is 47.6 Å². The Morgan fingerprint density at radius 3 is 0.887 bits per heavy atom. The Balaban J connectivity index is 1.17. The molecule has 9 rings (SSSR count). The highest BCUT2D eigenvalue weighted by Gasteiger charge is 2.30. The van der Waals surface area contributed by atoms with Crippen molar-refractivity contribution in [2.24, 2.45) is 0 Å². The summed E-state index contributed by atoms with van der Waals surface area (Å²) in [5, 5.41) is 38.1. The van der Waals surface area contributed by atoms with E-state index in [1.54, 1.807) is 0 Å². The lowest BCUT2D eigenvalue weighted by atomic mass is 9.79. The summed E-state index contributed by atoms with van der Waals surface area (Å²) < 4.78 is 13.8. The van der Waals surface area contributed by atoms with Gasteiger partial charge in [-0.1, -0.05) is 168 Å². The lowest BCUT2D eigenvalue weighted by Crippen LogP contribution is -2.37. The summed E-state index contributed by atoms with van der Waals surface area (Å²) in [7, 11) is 0. The van der Waals surface area contributed by atoms with Gasteiger partial charge in [-0.15, -0.1) is 0 Å². The van der Waals surface area contributed by atoms with Gasteiger partial charge in [-0.05, 0) is 113 Å². The Labute approximate surface area is 469 Å². The maximum atomic E-state index is 12.9. The van der Waals surface area contributed by atoms with Crippen LogP contribution in [-0.4, -0.2) is 36.5 Å². The van der Waals surface area contributed by atoms with Gasteiger partial charge in [0.15, 0.2) is 0 Å². The number of para-hydroxylation sites is 2. The maximum Gasteiger partial charge on any atom is 0.253 e. The third-order valence-corrected chi connectivity index (χ3v) is 15.2. The second kappa shape index (κ2) is 21.8. The number of benzene rings is 6. The van der Waals surface area contributed by atoms with E-state index in [-0.39, 0.29) is 82.2 Å². The molecular formula is C68H76N4O8. The third-order valence-electron chi connectivity index (χ3n) is 15.2. The molecule has 8 bridgehead atoms. The summed E-state index contributed by atoms with van der Waals surface area (Å²) in [5.74, 6) is 1.54. The van der Waals surface area contributed by atoms with Crippen LogP contribution in [0.4, 0.5) is 34.1 Å². The number of fused-ring (bicyclic) bond motifs is 8. The number of aromatic hydroxyl groups is 2. The van der Waals surface area contributed by atoms with E-state index in [0.29, 0.717) is 70.8 Å². The van der Waals surface area contributed by atoms with Crippen molar-refractivity contribution in [3.05, 3.63) is 217 Å². The first-order valence-corrected chi connectivity index (χ1v) is 27.7. The average Bonchev–Trinajstić information content (AvgIpc) is 3.40. The van der Waals surface area contributed by atoms with E-state index >= 15 is 0 Å². The number of ether oxygens (including phenoxy) is 2. The van der Waals surface area contributed by atoms with Gasteiger partial charge in [0.1, 0.15) is 59.0 Å². The van der Waals surface area contributed by atoms with Crippen molar-refractivity contribution in [1.29, 1.82) is 0 Å². The number of anilines is 6.